The average Bonchev–Trinajstić information content (AvgIpc) is 3.20. The van der Waals surface area contributed by atoms with Gasteiger partial charge in [0, 0.05) is 52.1 Å². The van der Waals surface area contributed by atoms with Crippen molar-refractivity contribution in [1.82, 2.24) is 4.57 Å². The lowest BCUT2D eigenvalue weighted by Crippen LogP contribution is -2.39. The summed E-state index contributed by atoms with van der Waals surface area (Å²) in [6, 6.07) is 11.2. The Bertz CT molecular complexity index is 1100. The number of methoxy groups -OCH3 is 2. The zero-order chi connectivity index (χ0) is 24.5. The summed E-state index contributed by atoms with van der Waals surface area (Å²) in [6.45, 7) is 7.12. The van der Waals surface area contributed by atoms with Gasteiger partial charge in [0.1, 0.15) is 11.6 Å². The molecule has 6 nitrogen and oxygen atoms in total. The van der Waals surface area contributed by atoms with Crippen molar-refractivity contribution >= 4 is 22.5 Å². The maximum atomic E-state index is 13.8. The minimum absolute atomic E-state index is 0.0132. The summed E-state index contributed by atoms with van der Waals surface area (Å²) < 4.78 is 31.4. The zero-order valence-electron chi connectivity index (χ0n) is 20.6. The van der Waals surface area contributed by atoms with Crippen molar-refractivity contribution in [2.75, 3.05) is 45.5 Å². The molecule has 0 unspecified atom stereocenters. The molecule has 1 aromatic heterocycles. The highest BCUT2D eigenvalue weighted by atomic mass is 19.1. The molecule has 1 aliphatic rings. The summed E-state index contributed by atoms with van der Waals surface area (Å²) in [7, 11) is 3.37. The molecule has 34 heavy (non-hydrogen) atoms. The van der Waals surface area contributed by atoms with Gasteiger partial charge in [0.25, 0.3) is 5.91 Å². The van der Waals surface area contributed by atoms with Crippen LogP contribution >= 0.6 is 0 Å². The number of anilines is 1. The van der Waals surface area contributed by atoms with Crippen LogP contribution < -0.4 is 9.64 Å². The van der Waals surface area contributed by atoms with Crippen LogP contribution in [0.2, 0.25) is 0 Å². The van der Waals surface area contributed by atoms with E-state index >= 15 is 0 Å². The van der Waals surface area contributed by atoms with E-state index in [1.54, 1.807) is 25.2 Å². The number of hydrogen-bond acceptors (Lipinski definition) is 4. The first-order valence-corrected chi connectivity index (χ1v) is 11.8. The maximum absolute atomic E-state index is 13.8. The van der Waals surface area contributed by atoms with Gasteiger partial charge in [-0.05, 0) is 61.6 Å². The van der Waals surface area contributed by atoms with Crippen LogP contribution in [0.5, 0.6) is 5.75 Å². The minimum atomic E-state index is -0.121. The molecule has 3 aromatic rings. The van der Waals surface area contributed by atoms with Gasteiger partial charge in [-0.25, -0.2) is 4.39 Å². The molecule has 0 atom stereocenters. The third kappa shape index (κ3) is 6.15. The number of fused-ring (bicyclic) bond motifs is 2. The lowest BCUT2D eigenvalue weighted by atomic mass is 10.1. The van der Waals surface area contributed by atoms with Crippen molar-refractivity contribution in [3.63, 3.8) is 0 Å². The number of aryl methyl sites for hydroxylation is 3. The first-order chi connectivity index (χ1) is 16.5. The molecule has 0 N–H and O–H groups in total. The van der Waals surface area contributed by atoms with Crippen LogP contribution in [0.4, 0.5) is 10.1 Å². The molecule has 0 saturated heterocycles. The molecule has 1 aliphatic heterocycles. The van der Waals surface area contributed by atoms with Crippen LogP contribution in [0.3, 0.4) is 0 Å². The number of hydrogen-bond donors (Lipinski definition) is 0. The molecule has 7 heteroatoms. The van der Waals surface area contributed by atoms with Crippen LogP contribution in [0.25, 0.3) is 10.9 Å². The zero-order valence-corrected chi connectivity index (χ0v) is 20.6. The van der Waals surface area contributed by atoms with E-state index in [0.29, 0.717) is 13.2 Å². The predicted molar refractivity (Wildman–Crippen MR) is 133 cm³/mol. The number of amides is 1. The van der Waals surface area contributed by atoms with E-state index in [2.05, 4.69) is 17.7 Å². The first-order valence-electron chi connectivity index (χ1n) is 11.8. The largest absolute Gasteiger partial charge is 0.482 e. The Kier molecular flexibility index (Phi) is 9.48. The van der Waals surface area contributed by atoms with E-state index in [9.17, 15) is 9.18 Å². The summed E-state index contributed by atoms with van der Waals surface area (Å²) in [5.41, 5.74) is 4.06. The second-order valence-electron chi connectivity index (χ2n) is 8.33. The second kappa shape index (κ2) is 12.5. The molecule has 184 valence electrons. The van der Waals surface area contributed by atoms with Crippen LogP contribution in [0, 0.1) is 12.7 Å². The summed E-state index contributed by atoms with van der Waals surface area (Å²) in [4.78, 5) is 13.6. The van der Waals surface area contributed by atoms with Crippen molar-refractivity contribution in [3.05, 3.63) is 59.5 Å². The van der Waals surface area contributed by atoms with E-state index in [-0.39, 0.29) is 18.3 Å². The van der Waals surface area contributed by atoms with Gasteiger partial charge in [0.2, 0.25) is 0 Å². The van der Waals surface area contributed by atoms with Gasteiger partial charge in [-0.2, -0.15) is 0 Å². The summed E-state index contributed by atoms with van der Waals surface area (Å²) in [6.07, 6.45) is 4.69. The smallest absolute Gasteiger partial charge is 0.265 e. The molecular formula is C27H35FN2O4. The van der Waals surface area contributed by atoms with Gasteiger partial charge in [-0.1, -0.05) is 19.1 Å². The third-order valence-corrected chi connectivity index (χ3v) is 5.85. The molecule has 0 fully saturated rings. The van der Waals surface area contributed by atoms with Gasteiger partial charge in [0.05, 0.1) is 11.2 Å². The van der Waals surface area contributed by atoms with Crippen molar-refractivity contribution in [1.29, 1.82) is 0 Å². The number of nitrogens with zero attached hydrogens (tertiary/aromatic N) is 2. The highest BCUT2D eigenvalue weighted by Crippen LogP contribution is 2.32. The molecule has 0 radical (unpaired) electrons. The summed E-state index contributed by atoms with van der Waals surface area (Å²) in [5, 5.41) is 0.771. The number of ether oxygens (including phenoxy) is 3. The number of aromatic nitrogens is 1. The Morgan fingerprint density at radius 1 is 1.06 bits per heavy atom. The minimum Gasteiger partial charge on any atom is -0.482 e. The fourth-order valence-electron chi connectivity index (χ4n) is 4.15. The molecule has 0 bridgehead atoms. The van der Waals surface area contributed by atoms with E-state index in [4.69, 9.17) is 14.2 Å². The van der Waals surface area contributed by atoms with Gasteiger partial charge in [-0.3, -0.25) is 4.79 Å². The lowest BCUT2D eigenvalue weighted by molar-refractivity contribution is -0.121. The topological polar surface area (TPSA) is 52.9 Å². The molecule has 1 amide bonds. The van der Waals surface area contributed by atoms with Crippen LogP contribution in [0.15, 0.2) is 42.6 Å². The normalized spacial score (nSPS) is 12.9. The number of rotatable bonds is 9. The number of carbonyl (C=O) groups excluding carboxylic acids is 1. The van der Waals surface area contributed by atoms with Gasteiger partial charge < -0.3 is 23.7 Å². The number of benzene rings is 2. The van der Waals surface area contributed by atoms with E-state index < -0.39 is 0 Å². The molecule has 0 spiro atoms. The highest BCUT2D eigenvalue weighted by molar-refractivity contribution is 5.97. The SMILES string of the molecule is CCc1cn(CCCOC)c2cccc(F)c12.COCCCN1C(=O)COc2ccc(C)cc21. The Balaban J connectivity index is 0.000000191. The van der Waals surface area contributed by atoms with Gasteiger partial charge in [-0.15, -0.1) is 0 Å². The third-order valence-electron chi connectivity index (χ3n) is 5.85. The summed E-state index contributed by atoms with van der Waals surface area (Å²) in [5.74, 6) is 0.677. The summed E-state index contributed by atoms with van der Waals surface area (Å²) >= 11 is 0. The maximum Gasteiger partial charge on any atom is 0.265 e. The lowest BCUT2D eigenvalue weighted by Gasteiger charge is -2.29. The molecule has 2 aromatic carbocycles. The quantitative estimate of drug-likeness (QED) is 0.407. The average molecular weight is 471 g/mol. The van der Waals surface area contributed by atoms with E-state index in [0.717, 1.165) is 65.9 Å². The molecule has 0 aliphatic carbocycles. The van der Waals surface area contributed by atoms with Crippen molar-refractivity contribution in [3.8, 4) is 5.75 Å². The molecular weight excluding hydrogens is 435 g/mol. The Labute approximate surface area is 201 Å². The Morgan fingerprint density at radius 3 is 2.50 bits per heavy atom. The fourth-order valence-corrected chi connectivity index (χ4v) is 4.15. The standard InChI is InChI=1S/C14H18FNO.C13H17NO3/c1-3-11-10-16(8-5-9-17-2)13-7-4-6-12(15)14(11)13;1-10-4-5-12-11(8-10)14(6-3-7-16-2)13(15)9-17-12/h4,6-7,10H,3,5,8-9H2,1-2H3;4-5,8H,3,6-7,9H2,1-2H3. The van der Waals surface area contributed by atoms with Crippen LogP contribution in [0.1, 0.15) is 30.9 Å². The van der Waals surface area contributed by atoms with Gasteiger partial charge >= 0.3 is 0 Å². The van der Waals surface area contributed by atoms with Crippen LogP contribution in [-0.2, 0) is 27.2 Å². The van der Waals surface area contributed by atoms with Crippen molar-refractivity contribution in [2.24, 2.45) is 0 Å². The van der Waals surface area contributed by atoms with Crippen LogP contribution in [-0.4, -0.2) is 51.1 Å². The monoisotopic (exact) mass is 470 g/mol. The van der Waals surface area contributed by atoms with E-state index in [1.807, 2.05) is 31.2 Å². The Hall–Kier alpha value is -2.90. The molecule has 0 saturated carbocycles. The number of carbonyl (C=O) groups is 1. The van der Waals surface area contributed by atoms with Crippen molar-refractivity contribution in [2.45, 2.75) is 39.7 Å². The molecule has 2 heterocycles. The van der Waals surface area contributed by atoms with Crippen molar-refractivity contribution < 1.29 is 23.4 Å². The highest BCUT2D eigenvalue weighted by Gasteiger charge is 2.24. The van der Waals surface area contributed by atoms with E-state index in [1.165, 1.54) is 6.07 Å². The number of halogens is 1. The molecule has 4 rings (SSSR count). The fraction of sp³-hybridized carbons (Fsp3) is 0.444. The first kappa shape index (κ1) is 25.7. The van der Waals surface area contributed by atoms with Gasteiger partial charge in [0.15, 0.2) is 6.61 Å². The second-order valence-corrected chi connectivity index (χ2v) is 8.33. The Morgan fingerprint density at radius 2 is 1.79 bits per heavy atom. The predicted octanol–water partition coefficient (Wildman–Crippen LogP) is 5.14.